The summed E-state index contributed by atoms with van der Waals surface area (Å²) >= 11 is 1.89. The van der Waals surface area contributed by atoms with E-state index in [1.165, 1.54) is 75.1 Å². The Balaban J connectivity index is 1.00. The summed E-state index contributed by atoms with van der Waals surface area (Å²) in [4.78, 5) is 21.2. The maximum Gasteiger partial charge on any atom is 0.252 e. The van der Waals surface area contributed by atoms with Gasteiger partial charge in [0.15, 0.2) is 17.5 Å². The molecule has 0 radical (unpaired) electrons. The molecular formula is C83H63BN6S. The van der Waals surface area contributed by atoms with E-state index in [1.807, 2.05) is 47.7 Å². The molecule has 0 saturated heterocycles. The predicted molar refractivity (Wildman–Crippen MR) is 386 cm³/mol. The third-order valence-corrected chi connectivity index (χ3v) is 20.0. The Morgan fingerprint density at radius 3 is 1.40 bits per heavy atom. The number of fused-ring (bicyclic) bond motifs is 11. The lowest BCUT2D eigenvalue weighted by atomic mass is 9.33. The molecule has 8 heteroatoms. The van der Waals surface area contributed by atoms with Gasteiger partial charge in [-0.25, -0.2) is 15.0 Å². The van der Waals surface area contributed by atoms with E-state index in [9.17, 15) is 0 Å². The highest BCUT2D eigenvalue weighted by Gasteiger charge is 2.46. The summed E-state index contributed by atoms with van der Waals surface area (Å²) in [6, 6.07) is 101. The van der Waals surface area contributed by atoms with Gasteiger partial charge in [0.25, 0.3) is 6.71 Å². The van der Waals surface area contributed by atoms with Gasteiger partial charge in [0, 0.05) is 76.8 Å². The minimum Gasteiger partial charge on any atom is -0.311 e. The van der Waals surface area contributed by atoms with Crippen LogP contribution in [0.25, 0.3) is 104 Å². The fourth-order valence-corrected chi connectivity index (χ4v) is 15.5. The molecule has 3 aromatic heterocycles. The molecule has 91 heavy (non-hydrogen) atoms. The van der Waals surface area contributed by atoms with Gasteiger partial charge in [0.2, 0.25) is 0 Å². The molecule has 0 fully saturated rings. The molecule has 434 valence electrons. The minimum atomic E-state index is -0.242. The Morgan fingerprint density at radius 1 is 0.341 bits per heavy atom. The number of para-hydroxylation sites is 4. The number of hydrogen-bond acceptors (Lipinski definition) is 6. The van der Waals surface area contributed by atoms with E-state index < -0.39 is 0 Å². The first-order valence-electron chi connectivity index (χ1n) is 31.5. The number of hydrogen-bond donors (Lipinski definition) is 0. The molecule has 0 amide bonds. The highest BCUT2D eigenvalue weighted by Crippen LogP contribution is 2.54. The predicted octanol–water partition coefficient (Wildman–Crippen LogP) is 20.3. The molecule has 6 nitrogen and oxygen atoms in total. The van der Waals surface area contributed by atoms with Crippen LogP contribution in [-0.2, 0) is 10.8 Å². The van der Waals surface area contributed by atoms with Crippen LogP contribution >= 0.6 is 11.3 Å². The summed E-state index contributed by atoms with van der Waals surface area (Å²) in [5, 5.41) is 4.90. The number of anilines is 6. The first kappa shape index (κ1) is 54.5. The zero-order valence-corrected chi connectivity index (χ0v) is 52.5. The van der Waals surface area contributed by atoms with Crippen molar-refractivity contribution >= 4 is 111 Å². The average Bonchev–Trinajstić information content (AvgIpc) is 1.65. The van der Waals surface area contributed by atoms with Crippen molar-refractivity contribution in [2.45, 2.75) is 52.4 Å². The molecule has 0 atom stereocenters. The van der Waals surface area contributed by atoms with Crippen LogP contribution in [0.3, 0.4) is 0 Å². The Bertz CT molecular complexity index is 5280. The lowest BCUT2D eigenvalue weighted by Gasteiger charge is -2.45. The molecule has 2 aliphatic rings. The second kappa shape index (κ2) is 21.0. The van der Waals surface area contributed by atoms with Crippen LogP contribution in [-0.4, -0.2) is 26.2 Å². The largest absolute Gasteiger partial charge is 0.311 e. The summed E-state index contributed by atoms with van der Waals surface area (Å²) in [5.74, 6) is 1.84. The molecule has 0 saturated carbocycles. The van der Waals surface area contributed by atoms with E-state index >= 15 is 0 Å². The summed E-state index contributed by atoms with van der Waals surface area (Å²) < 4.78 is 4.94. The van der Waals surface area contributed by atoms with E-state index in [0.29, 0.717) is 17.5 Å². The van der Waals surface area contributed by atoms with Crippen LogP contribution in [0.2, 0.25) is 0 Å². The number of thiophene rings is 1. The molecule has 0 unspecified atom stereocenters. The summed E-state index contributed by atoms with van der Waals surface area (Å²) in [7, 11) is 0. The molecule has 0 aliphatic carbocycles. The van der Waals surface area contributed by atoms with Crippen molar-refractivity contribution in [3.8, 4) is 62.1 Å². The lowest BCUT2D eigenvalue weighted by Crippen LogP contribution is -2.61. The monoisotopic (exact) mass is 1190 g/mol. The first-order chi connectivity index (χ1) is 44.4. The van der Waals surface area contributed by atoms with E-state index in [4.69, 9.17) is 15.0 Å². The van der Waals surface area contributed by atoms with Crippen molar-refractivity contribution in [3.05, 3.63) is 284 Å². The maximum atomic E-state index is 5.40. The fraction of sp³-hybridized carbons (Fsp3) is 0.0964. The molecule has 17 rings (SSSR count). The van der Waals surface area contributed by atoms with Crippen molar-refractivity contribution in [2.24, 2.45) is 0 Å². The topological polar surface area (TPSA) is 50.1 Å². The van der Waals surface area contributed by atoms with Crippen molar-refractivity contribution in [1.29, 1.82) is 0 Å². The average molecular weight is 1190 g/mol. The summed E-state index contributed by atoms with van der Waals surface area (Å²) in [5.41, 5.74) is 23.7. The normalized spacial score (nSPS) is 12.9. The van der Waals surface area contributed by atoms with Gasteiger partial charge in [-0.05, 0) is 110 Å². The van der Waals surface area contributed by atoms with Crippen LogP contribution in [0.5, 0.6) is 0 Å². The smallest absolute Gasteiger partial charge is 0.252 e. The number of benzene rings is 12. The van der Waals surface area contributed by atoms with Crippen LogP contribution in [0, 0.1) is 0 Å². The van der Waals surface area contributed by atoms with Gasteiger partial charge >= 0.3 is 0 Å². The third-order valence-electron chi connectivity index (χ3n) is 18.8. The van der Waals surface area contributed by atoms with Gasteiger partial charge in [0.05, 0.1) is 32.8 Å². The van der Waals surface area contributed by atoms with Crippen molar-refractivity contribution in [3.63, 3.8) is 0 Å². The summed E-state index contributed by atoms with van der Waals surface area (Å²) in [6.45, 7) is 13.5. The van der Waals surface area contributed by atoms with Crippen molar-refractivity contribution in [2.75, 3.05) is 9.80 Å². The van der Waals surface area contributed by atoms with E-state index in [0.717, 1.165) is 73.2 Å². The van der Waals surface area contributed by atoms with Crippen molar-refractivity contribution < 1.29 is 0 Å². The van der Waals surface area contributed by atoms with Gasteiger partial charge in [-0.15, -0.1) is 11.3 Å². The standard InChI is InChI=1S/C83H63BN6S/c1-82(2,3)57-42-37-52(38-43-57)60-27-13-18-32-68(60)89-72-48-46-59(88-70-34-20-15-29-62(70)63-30-16-21-35-71(63)88)50-67(72)84-66-47-41-56(81-86-79(54-23-9-7-10-24-54)85-80(87-81)55-25-11-8-12-26-55)49-73(66)90(69-33-19-14-28-61(69)53-39-44-58(45-40-53)83(4,5)6)77-76(84)74(89)51-65-64-31-17-22-36-75(64)91-78(65)77/h7-51H,1-6H3. The lowest BCUT2D eigenvalue weighted by molar-refractivity contribution is 0.590. The van der Waals surface area contributed by atoms with Gasteiger partial charge in [0.1, 0.15) is 0 Å². The van der Waals surface area contributed by atoms with Gasteiger partial charge in [-0.2, -0.15) is 0 Å². The second-order valence-corrected chi connectivity index (χ2v) is 27.4. The third kappa shape index (κ3) is 8.94. The molecule has 0 N–H and O–H groups in total. The van der Waals surface area contributed by atoms with Crippen LogP contribution in [0.4, 0.5) is 34.1 Å². The Kier molecular flexibility index (Phi) is 12.6. The molecule has 12 aromatic carbocycles. The quantitative estimate of drug-likeness (QED) is 0.142. The van der Waals surface area contributed by atoms with Crippen LogP contribution in [0.15, 0.2) is 273 Å². The zero-order valence-electron chi connectivity index (χ0n) is 51.6. The molecule has 2 aliphatic heterocycles. The van der Waals surface area contributed by atoms with Gasteiger partial charge < -0.3 is 14.4 Å². The number of aromatic nitrogens is 4. The van der Waals surface area contributed by atoms with E-state index in [1.54, 1.807) is 0 Å². The van der Waals surface area contributed by atoms with Crippen LogP contribution < -0.4 is 26.2 Å². The Labute approximate surface area is 535 Å². The molecule has 5 heterocycles. The van der Waals surface area contributed by atoms with Gasteiger partial charge in [-0.3, -0.25) is 0 Å². The number of nitrogens with zero attached hydrogens (tertiary/aromatic N) is 6. The molecule has 0 bridgehead atoms. The minimum absolute atomic E-state index is 0.00366. The van der Waals surface area contributed by atoms with E-state index in [-0.39, 0.29) is 17.5 Å². The van der Waals surface area contributed by atoms with Crippen molar-refractivity contribution in [1.82, 2.24) is 19.5 Å². The molecule has 15 aromatic rings. The molecule has 0 spiro atoms. The maximum absolute atomic E-state index is 5.40. The van der Waals surface area contributed by atoms with E-state index in [2.05, 4.69) is 292 Å². The highest BCUT2D eigenvalue weighted by atomic mass is 32.1. The first-order valence-corrected chi connectivity index (χ1v) is 32.3. The van der Waals surface area contributed by atoms with Crippen LogP contribution in [0.1, 0.15) is 52.7 Å². The zero-order chi connectivity index (χ0) is 61.3. The Morgan fingerprint density at radius 2 is 0.824 bits per heavy atom. The SMILES string of the molecule is CC(C)(C)c1ccc(-c2ccccc2N2c3ccc(-n4c5ccccc5c5ccccc54)cc3B3c4ccc(-c5nc(-c6ccccc6)nc(-c6ccccc6)n5)cc4N(c4ccccc4-c4ccc(C(C)(C)C)cc4)c4c3c2cc2c4sc3ccccc32)cc1. The molecular weight excluding hydrogens is 1120 g/mol. The summed E-state index contributed by atoms with van der Waals surface area (Å²) in [6.07, 6.45) is 0. The highest BCUT2D eigenvalue weighted by molar-refractivity contribution is 7.26. The fourth-order valence-electron chi connectivity index (χ4n) is 14.3. The number of rotatable bonds is 8. The Hall–Kier alpha value is -10.7. The van der Waals surface area contributed by atoms with Gasteiger partial charge in [-0.1, -0.05) is 254 Å². The second-order valence-electron chi connectivity index (χ2n) is 26.4.